The molecule has 1 saturated heterocycles. The molecule has 2 heterocycles. The lowest BCUT2D eigenvalue weighted by Crippen LogP contribution is -2.26. The van der Waals surface area contributed by atoms with Crippen molar-refractivity contribution >= 4 is 23.3 Å². The van der Waals surface area contributed by atoms with E-state index < -0.39 is 0 Å². The van der Waals surface area contributed by atoms with Crippen LogP contribution in [0.1, 0.15) is 73.7 Å². The Labute approximate surface area is 190 Å². The Balaban J connectivity index is 1.30. The van der Waals surface area contributed by atoms with Crippen LogP contribution in [0, 0.1) is 5.92 Å². The fourth-order valence-electron chi connectivity index (χ4n) is 4.64. The van der Waals surface area contributed by atoms with Gasteiger partial charge in [-0.3, -0.25) is 9.59 Å². The van der Waals surface area contributed by atoms with Crippen LogP contribution in [0.25, 0.3) is 0 Å². The summed E-state index contributed by atoms with van der Waals surface area (Å²) in [6.45, 7) is 2.55. The minimum Gasteiger partial charge on any atom is -0.357 e. The van der Waals surface area contributed by atoms with Gasteiger partial charge in [-0.1, -0.05) is 44.2 Å². The zero-order valence-corrected chi connectivity index (χ0v) is 18.8. The summed E-state index contributed by atoms with van der Waals surface area (Å²) in [7, 11) is 0. The lowest BCUT2D eigenvalue weighted by atomic mass is 9.88. The van der Waals surface area contributed by atoms with E-state index in [1.54, 1.807) is 12.1 Å². The lowest BCUT2D eigenvalue weighted by molar-refractivity contribution is -0.120. The molecule has 2 amide bonds. The Hall–Kier alpha value is -2.89. The van der Waals surface area contributed by atoms with Gasteiger partial charge in [0.15, 0.2) is 0 Å². The van der Waals surface area contributed by atoms with Crippen LogP contribution in [0.2, 0.25) is 0 Å². The number of anilines is 2. The average Bonchev–Trinajstić information content (AvgIpc) is 3.13. The van der Waals surface area contributed by atoms with E-state index in [-0.39, 0.29) is 17.7 Å². The third-order valence-corrected chi connectivity index (χ3v) is 6.56. The normalized spacial score (nSPS) is 17.4. The summed E-state index contributed by atoms with van der Waals surface area (Å²) in [6.07, 6.45) is 12.3. The molecule has 1 aromatic carbocycles. The van der Waals surface area contributed by atoms with Gasteiger partial charge in [0.1, 0.15) is 5.82 Å². The lowest BCUT2D eigenvalue weighted by Gasteiger charge is -2.21. The summed E-state index contributed by atoms with van der Waals surface area (Å²) in [5.74, 6) is 1.02. The van der Waals surface area contributed by atoms with Gasteiger partial charge < -0.3 is 15.5 Å². The van der Waals surface area contributed by atoms with E-state index >= 15 is 0 Å². The van der Waals surface area contributed by atoms with Gasteiger partial charge in [-0.15, -0.1) is 0 Å². The molecule has 170 valence electrons. The summed E-state index contributed by atoms with van der Waals surface area (Å²) in [6, 6.07) is 11.2. The molecule has 4 rings (SSSR count). The van der Waals surface area contributed by atoms with E-state index in [1.807, 2.05) is 30.5 Å². The molecule has 1 aliphatic heterocycles. The molecule has 2 aliphatic rings. The minimum atomic E-state index is -0.157. The summed E-state index contributed by atoms with van der Waals surface area (Å²) >= 11 is 0. The molecular weight excluding hydrogens is 400 g/mol. The van der Waals surface area contributed by atoms with Crippen molar-refractivity contribution in [2.75, 3.05) is 23.3 Å². The predicted molar refractivity (Wildman–Crippen MR) is 128 cm³/mol. The second-order valence-electron chi connectivity index (χ2n) is 9.01. The molecule has 0 radical (unpaired) electrons. The van der Waals surface area contributed by atoms with Crippen LogP contribution < -0.4 is 15.5 Å². The second kappa shape index (κ2) is 11.1. The first-order chi connectivity index (χ1) is 15.7. The van der Waals surface area contributed by atoms with E-state index in [9.17, 15) is 9.59 Å². The van der Waals surface area contributed by atoms with Crippen molar-refractivity contribution in [2.45, 2.75) is 64.3 Å². The molecule has 2 fully saturated rings. The maximum Gasteiger partial charge on any atom is 0.251 e. The van der Waals surface area contributed by atoms with E-state index in [0.717, 1.165) is 50.2 Å². The number of pyridine rings is 1. The molecule has 6 heteroatoms. The van der Waals surface area contributed by atoms with Crippen molar-refractivity contribution in [3.05, 3.63) is 53.7 Å². The first-order valence-corrected chi connectivity index (χ1v) is 12.1. The highest BCUT2D eigenvalue weighted by Crippen LogP contribution is 2.25. The Morgan fingerprint density at radius 2 is 1.69 bits per heavy atom. The number of hydrogen-bond acceptors (Lipinski definition) is 4. The van der Waals surface area contributed by atoms with Crippen LogP contribution in [0.3, 0.4) is 0 Å². The fraction of sp³-hybridized carbons (Fsp3) is 0.500. The average molecular weight is 435 g/mol. The highest BCUT2D eigenvalue weighted by molar-refractivity contribution is 5.97. The topological polar surface area (TPSA) is 74.3 Å². The van der Waals surface area contributed by atoms with Crippen molar-refractivity contribution in [1.82, 2.24) is 10.3 Å². The summed E-state index contributed by atoms with van der Waals surface area (Å²) in [5.41, 5.74) is 2.19. The SMILES string of the molecule is O=C(NCc1ccc(N2CCCCCC2)nc1)c1cccc(NC(=O)C2CCCCC2)c1. The van der Waals surface area contributed by atoms with Gasteiger partial charge in [0.2, 0.25) is 5.91 Å². The van der Waals surface area contributed by atoms with Gasteiger partial charge in [-0.25, -0.2) is 4.98 Å². The first-order valence-electron chi connectivity index (χ1n) is 12.1. The molecule has 1 aromatic heterocycles. The maximum absolute atomic E-state index is 12.7. The van der Waals surface area contributed by atoms with Crippen LogP contribution in [0.4, 0.5) is 11.5 Å². The molecule has 2 aromatic rings. The number of carbonyl (C=O) groups excluding carboxylic acids is 2. The summed E-state index contributed by atoms with van der Waals surface area (Å²) < 4.78 is 0. The van der Waals surface area contributed by atoms with Crippen molar-refractivity contribution < 1.29 is 9.59 Å². The molecule has 0 spiro atoms. The molecule has 6 nitrogen and oxygen atoms in total. The Kier molecular flexibility index (Phi) is 7.75. The molecule has 0 bridgehead atoms. The zero-order chi connectivity index (χ0) is 22.2. The number of hydrogen-bond donors (Lipinski definition) is 2. The first kappa shape index (κ1) is 22.3. The Morgan fingerprint density at radius 3 is 2.41 bits per heavy atom. The van der Waals surface area contributed by atoms with Gasteiger partial charge in [-0.05, 0) is 55.5 Å². The van der Waals surface area contributed by atoms with Crippen molar-refractivity contribution in [1.29, 1.82) is 0 Å². The zero-order valence-electron chi connectivity index (χ0n) is 18.8. The van der Waals surface area contributed by atoms with Crippen LogP contribution in [-0.4, -0.2) is 29.9 Å². The second-order valence-corrected chi connectivity index (χ2v) is 9.01. The molecule has 32 heavy (non-hydrogen) atoms. The number of carbonyl (C=O) groups is 2. The summed E-state index contributed by atoms with van der Waals surface area (Å²) in [5, 5.41) is 5.95. The van der Waals surface area contributed by atoms with Gasteiger partial charge in [0, 0.05) is 43.0 Å². The van der Waals surface area contributed by atoms with Crippen LogP contribution in [0.15, 0.2) is 42.6 Å². The third-order valence-electron chi connectivity index (χ3n) is 6.56. The van der Waals surface area contributed by atoms with Crippen LogP contribution in [-0.2, 0) is 11.3 Å². The number of aromatic nitrogens is 1. The minimum absolute atomic E-state index is 0.0674. The third kappa shape index (κ3) is 6.09. The van der Waals surface area contributed by atoms with E-state index in [2.05, 4.69) is 20.5 Å². The highest BCUT2D eigenvalue weighted by Gasteiger charge is 2.21. The van der Waals surface area contributed by atoms with Gasteiger partial charge in [-0.2, -0.15) is 0 Å². The van der Waals surface area contributed by atoms with Crippen molar-refractivity contribution in [3.8, 4) is 0 Å². The smallest absolute Gasteiger partial charge is 0.251 e. The van der Waals surface area contributed by atoms with Gasteiger partial charge in [0.05, 0.1) is 0 Å². The van der Waals surface area contributed by atoms with E-state index in [4.69, 9.17) is 0 Å². The van der Waals surface area contributed by atoms with Crippen LogP contribution >= 0.6 is 0 Å². The molecule has 0 unspecified atom stereocenters. The number of rotatable bonds is 6. The van der Waals surface area contributed by atoms with E-state index in [0.29, 0.717) is 17.8 Å². The molecule has 0 atom stereocenters. The molecule has 2 N–H and O–H groups in total. The number of nitrogens with zero attached hydrogens (tertiary/aromatic N) is 2. The standard InChI is InChI=1S/C26H34N4O2/c31-25(22-11-8-12-23(17-22)29-26(32)21-9-4-3-5-10-21)28-19-20-13-14-24(27-18-20)30-15-6-1-2-7-16-30/h8,11-14,17-18,21H,1-7,9-10,15-16,19H2,(H,28,31)(H,29,32). The molecular formula is C26H34N4O2. The van der Waals surface area contributed by atoms with Crippen LogP contribution in [0.5, 0.6) is 0 Å². The molecule has 1 aliphatic carbocycles. The predicted octanol–water partition coefficient (Wildman–Crippen LogP) is 4.91. The number of amides is 2. The molecule has 1 saturated carbocycles. The highest BCUT2D eigenvalue weighted by atomic mass is 16.2. The van der Waals surface area contributed by atoms with Gasteiger partial charge >= 0.3 is 0 Å². The van der Waals surface area contributed by atoms with Crippen molar-refractivity contribution in [2.24, 2.45) is 5.92 Å². The van der Waals surface area contributed by atoms with Gasteiger partial charge in [0.25, 0.3) is 5.91 Å². The quantitative estimate of drug-likeness (QED) is 0.677. The number of nitrogens with one attached hydrogen (secondary N) is 2. The Morgan fingerprint density at radius 1 is 0.938 bits per heavy atom. The van der Waals surface area contributed by atoms with Crippen molar-refractivity contribution in [3.63, 3.8) is 0 Å². The Bertz CT molecular complexity index is 898. The largest absolute Gasteiger partial charge is 0.357 e. The monoisotopic (exact) mass is 434 g/mol. The maximum atomic E-state index is 12.7. The van der Waals surface area contributed by atoms with E-state index in [1.165, 1.54) is 32.1 Å². The number of benzene rings is 1. The fourth-order valence-corrected chi connectivity index (χ4v) is 4.64. The summed E-state index contributed by atoms with van der Waals surface area (Å²) in [4.78, 5) is 32.1.